The average Bonchev–Trinajstić information content (AvgIpc) is 3.64. The first kappa shape index (κ1) is 34.7. The number of anilines is 3. The Hall–Kier alpha value is -5.04. The van der Waals surface area contributed by atoms with Crippen molar-refractivity contribution in [2.24, 2.45) is 0 Å². The van der Waals surface area contributed by atoms with Crippen molar-refractivity contribution in [3.05, 3.63) is 160 Å². The highest BCUT2D eigenvalue weighted by atomic mass is 32.1. The van der Waals surface area contributed by atoms with E-state index in [0.29, 0.717) is 11.1 Å². The number of nitrogens with zero attached hydrogens (tertiary/aromatic N) is 2. The number of aliphatic hydroxyl groups is 1. The first-order chi connectivity index (χ1) is 25.6. The molecule has 270 valence electrons. The normalized spacial score (nSPS) is 17.6. The molecule has 4 aromatic carbocycles. The Morgan fingerprint density at radius 1 is 0.630 bits per heavy atom. The van der Waals surface area contributed by atoms with Crippen molar-refractivity contribution in [3.8, 4) is 0 Å². The van der Waals surface area contributed by atoms with Crippen molar-refractivity contribution in [1.29, 1.82) is 0 Å². The Balaban J connectivity index is 1.28. The molecule has 2 aliphatic heterocycles. The molecule has 4 nitrogen and oxygen atoms in total. The van der Waals surface area contributed by atoms with Gasteiger partial charge < -0.3 is 10.0 Å². The van der Waals surface area contributed by atoms with Gasteiger partial charge in [-0.1, -0.05) is 104 Å². The van der Waals surface area contributed by atoms with E-state index >= 15 is 0 Å². The molecule has 54 heavy (non-hydrogen) atoms. The predicted molar refractivity (Wildman–Crippen MR) is 227 cm³/mol. The topological polar surface area (TPSA) is 43.5 Å². The summed E-state index contributed by atoms with van der Waals surface area (Å²) in [5, 5.41) is 13.2. The van der Waals surface area contributed by atoms with Gasteiger partial charge >= 0.3 is 0 Å². The van der Waals surface area contributed by atoms with E-state index in [9.17, 15) is 9.90 Å². The Labute approximate surface area is 325 Å². The van der Waals surface area contributed by atoms with Gasteiger partial charge in [-0.05, 0) is 82.5 Å². The third-order valence-corrected chi connectivity index (χ3v) is 14.6. The number of aryl methyl sites for hydroxylation is 4. The Bertz CT molecular complexity index is 2790. The molecule has 0 radical (unpaired) electrons. The molecule has 0 saturated carbocycles. The Morgan fingerprint density at radius 2 is 1.20 bits per heavy atom. The quantitative estimate of drug-likeness (QED) is 0.183. The van der Waals surface area contributed by atoms with Gasteiger partial charge in [0.2, 0.25) is 17.2 Å². The number of Topliss-reactive ketones (excluding diaryl/α,β-unsaturated/α-hetero) is 1. The number of carbonyl (C=O) groups is 1. The minimum Gasteiger partial charge on any atom is -0.506 e. The minimum atomic E-state index is -0.311. The average molecular weight is 746 g/mol. The van der Waals surface area contributed by atoms with Gasteiger partial charge in [0.15, 0.2) is 0 Å². The number of ketones is 1. The van der Waals surface area contributed by atoms with Crippen molar-refractivity contribution >= 4 is 67.4 Å². The molecular weight excluding hydrogens is 701 g/mol. The molecule has 0 unspecified atom stereocenters. The summed E-state index contributed by atoms with van der Waals surface area (Å²) in [7, 11) is 0. The monoisotopic (exact) mass is 745 g/mol. The van der Waals surface area contributed by atoms with E-state index in [-0.39, 0.29) is 22.4 Å². The third-order valence-electron chi connectivity index (χ3n) is 12.0. The van der Waals surface area contributed by atoms with E-state index in [4.69, 9.17) is 0 Å². The van der Waals surface area contributed by atoms with E-state index in [1.807, 2.05) is 0 Å². The molecule has 0 fully saturated rings. The van der Waals surface area contributed by atoms with E-state index in [0.717, 1.165) is 53.0 Å². The van der Waals surface area contributed by atoms with Crippen LogP contribution in [-0.2, 0) is 15.6 Å². The van der Waals surface area contributed by atoms with Crippen LogP contribution >= 0.6 is 22.7 Å². The lowest BCUT2D eigenvalue weighted by atomic mass is 9.72. The number of thiophene rings is 2. The molecule has 0 amide bonds. The van der Waals surface area contributed by atoms with Gasteiger partial charge in [0.05, 0.1) is 26.9 Å². The predicted octanol–water partition coefficient (Wildman–Crippen LogP) is 11.3. The molecule has 6 heteroatoms. The zero-order valence-electron chi connectivity index (χ0n) is 32.6. The third kappa shape index (κ3) is 4.72. The molecule has 9 rings (SSSR count). The molecule has 0 atom stereocenters. The van der Waals surface area contributed by atoms with Gasteiger partial charge in [-0.25, -0.2) is 0 Å². The maximum absolute atomic E-state index is 14.7. The van der Waals surface area contributed by atoms with Gasteiger partial charge in [0, 0.05) is 50.7 Å². The summed E-state index contributed by atoms with van der Waals surface area (Å²) in [4.78, 5) is 17.9. The van der Waals surface area contributed by atoms with Crippen LogP contribution in [-0.4, -0.2) is 10.9 Å². The maximum Gasteiger partial charge on any atom is 0.272 e. The highest BCUT2D eigenvalue weighted by molar-refractivity contribution is 7.18. The smallest absolute Gasteiger partial charge is 0.272 e. The Morgan fingerprint density at radius 3 is 1.85 bits per heavy atom. The standard InChI is InChI=1S/C48H44N2O2S2/c1-25-11-17-31(18-12-25)49-35-21-15-27(3)23-33(35)47(7,8)39-29(5)43(53-45(39)49)37-41(51)38(42(37)52)44-30(6)40-46(54-44)50(32-19-13-26(2)14-20-32)36-22-16-28(4)24-34(36)48(40,9)10/h11-24H,1-10H3/p+1. The van der Waals surface area contributed by atoms with Crippen molar-refractivity contribution in [1.82, 2.24) is 4.58 Å². The largest absolute Gasteiger partial charge is 0.506 e. The van der Waals surface area contributed by atoms with E-state index in [1.54, 1.807) is 22.7 Å². The molecular formula is C48H45N2O2S2+. The fourth-order valence-electron chi connectivity index (χ4n) is 9.16. The molecule has 0 saturated heterocycles. The maximum atomic E-state index is 14.7. The molecule has 6 aromatic rings. The van der Waals surface area contributed by atoms with Crippen molar-refractivity contribution in [3.63, 3.8) is 0 Å². The SMILES string of the molecule is Cc1ccc(N2c3ccc(C)cc3C(C)(C)c3c2sc(C2=C(O)/C(=c4/sc5c(c4C)C(C)(C)c4cc(C)ccc4[N+]=5c4ccc(C)cc4)C2=O)c3C)cc1. The van der Waals surface area contributed by atoms with Crippen LogP contribution < -0.4 is 18.7 Å². The first-order valence-electron chi connectivity index (χ1n) is 18.7. The van der Waals surface area contributed by atoms with Crippen LogP contribution in [0.4, 0.5) is 27.8 Å². The number of carbonyl (C=O) groups excluding carboxylic acids is 1. The Kier molecular flexibility index (Phi) is 7.54. The van der Waals surface area contributed by atoms with Crippen molar-refractivity contribution < 1.29 is 9.90 Å². The van der Waals surface area contributed by atoms with E-state index in [2.05, 4.69) is 164 Å². The fraction of sp³-hybridized carbons (Fsp3) is 0.250. The summed E-state index contributed by atoms with van der Waals surface area (Å²) in [5.74, 6) is 0.0153. The van der Waals surface area contributed by atoms with Gasteiger partial charge in [-0.2, -0.15) is 0 Å². The van der Waals surface area contributed by atoms with Gasteiger partial charge in [0.25, 0.3) is 4.67 Å². The number of rotatable bonds is 3. The van der Waals surface area contributed by atoms with Crippen LogP contribution in [0.3, 0.4) is 0 Å². The van der Waals surface area contributed by atoms with Crippen LogP contribution in [0.1, 0.15) is 88.2 Å². The second kappa shape index (κ2) is 11.7. The summed E-state index contributed by atoms with van der Waals surface area (Å²) in [6, 6.07) is 30.7. The second-order valence-electron chi connectivity index (χ2n) is 16.5. The number of allylic oxidation sites excluding steroid dienone is 2. The summed E-state index contributed by atoms with van der Waals surface area (Å²) in [6.07, 6.45) is 0. The molecule has 0 spiro atoms. The number of benzene rings is 4. The van der Waals surface area contributed by atoms with Gasteiger partial charge in [-0.3, -0.25) is 4.79 Å². The van der Waals surface area contributed by atoms with Crippen molar-refractivity contribution in [2.75, 3.05) is 4.90 Å². The lowest BCUT2D eigenvalue weighted by Gasteiger charge is -2.40. The summed E-state index contributed by atoms with van der Waals surface area (Å²) in [5.41, 5.74) is 16.6. The van der Waals surface area contributed by atoms with Gasteiger partial charge in [-0.15, -0.1) is 15.9 Å². The zero-order chi connectivity index (χ0) is 38.2. The molecule has 1 N–H and O–H groups in total. The van der Waals surface area contributed by atoms with Crippen LogP contribution in [0.25, 0.3) is 11.1 Å². The van der Waals surface area contributed by atoms with Crippen LogP contribution in [0.5, 0.6) is 0 Å². The first-order valence-corrected chi connectivity index (χ1v) is 20.3. The van der Waals surface area contributed by atoms with Crippen LogP contribution in [0.2, 0.25) is 0 Å². The highest BCUT2D eigenvalue weighted by Crippen LogP contribution is 2.59. The van der Waals surface area contributed by atoms with E-state index < -0.39 is 0 Å². The summed E-state index contributed by atoms with van der Waals surface area (Å²) in [6.45, 7) is 21.9. The van der Waals surface area contributed by atoms with Crippen LogP contribution in [0, 0.1) is 41.5 Å². The number of fused-ring (bicyclic) bond motifs is 4. The molecule has 2 aromatic heterocycles. The summed E-state index contributed by atoms with van der Waals surface area (Å²) < 4.78 is 4.30. The number of hydrogen-bond acceptors (Lipinski definition) is 5. The molecule has 0 bridgehead atoms. The second-order valence-corrected chi connectivity index (χ2v) is 18.5. The zero-order valence-corrected chi connectivity index (χ0v) is 34.3. The molecule has 4 heterocycles. The lowest BCUT2D eigenvalue weighted by molar-refractivity contribution is -0.109. The summed E-state index contributed by atoms with van der Waals surface area (Å²) >= 11 is 3.24. The highest BCUT2D eigenvalue weighted by Gasteiger charge is 2.47. The number of hydrogen-bond donors (Lipinski definition) is 1. The number of aliphatic hydroxyl groups excluding tert-OH is 1. The van der Waals surface area contributed by atoms with Gasteiger partial charge in [0.1, 0.15) is 10.8 Å². The minimum absolute atomic E-state index is 0.0861. The van der Waals surface area contributed by atoms with Crippen LogP contribution in [0.15, 0.2) is 90.7 Å². The van der Waals surface area contributed by atoms with Crippen molar-refractivity contribution in [2.45, 2.75) is 80.1 Å². The van der Waals surface area contributed by atoms with E-state index in [1.165, 1.54) is 44.5 Å². The molecule has 3 aliphatic rings. The molecule has 1 aliphatic carbocycles. The lowest BCUT2D eigenvalue weighted by Crippen LogP contribution is -2.37. The fourth-order valence-corrected chi connectivity index (χ4v) is 12.3.